The molecule has 1 unspecified atom stereocenters. The van der Waals surface area contributed by atoms with Crippen molar-refractivity contribution in [1.82, 2.24) is 0 Å². The Labute approximate surface area is 95.7 Å². The highest BCUT2D eigenvalue weighted by Gasteiger charge is 2.31. The van der Waals surface area contributed by atoms with Crippen molar-refractivity contribution in [2.75, 3.05) is 13.9 Å². The minimum Gasteiger partial charge on any atom is -0.494 e. The molecule has 1 aliphatic heterocycles. The Morgan fingerprint density at radius 2 is 2.35 bits per heavy atom. The number of carboxylic acids is 1. The van der Waals surface area contributed by atoms with E-state index in [1.54, 1.807) is 0 Å². The summed E-state index contributed by atoms with van der Waals surface area (Å²) in [4.78, 5) is 10.8. The van der Waals surface area contributed by atoms with Gasteiger partial charge in [0.2, 0.25) is 6.79 Å². The van der Waals surface area contributed by atoms with Gasteiger partial charge < -0.3 is 25.1 Å². The second kappa shape index (κ2) is 4.10. The predicted molar refractivity (Wildman–Crippen MR) is 53.6 cm³/mol. The van der Waals surface area contributed by atoms with Crippen LogP contribution in [0.2, 0.25) is 0 Å². The summed E-state index contributed by atoms with van der Waals surface area (Å²) in [5, 5.41) is 8.83. The first-order valence-corrected chi connectivity index (χ1v) is 4.70. The Hall–Kier alpha value is -2.02. The van der Waals surface area contributed by atoms with Gasteiger partial charge in [-0.3, -0.25) is 4.79 Å². The van der Waals surface area contributed by atoms with Gasteiger partial charge in [-0.05, 0) is 0 Å². The van der Waals surface area contributed by atoms with E-state index in [1.807, 2.05) is 0 Å². The van der Waals surface area contributed by atoms with Gasteiger partial charge in [0.05, 0.1) is 12.7 Å². The molecule has 92 valence electrons. The molecule has 0 saturated heterocycles. The van der Waals surface area contributed by atoms with Crippen molar-refractivity contribution in [3.05, 3.63) is 17.4 Å². The average Bonchev–Trinajstić information content (AvgIpc) is 2.74. The van der Waals surface area contributed by atoms with Gasteiger partial charge >= 0.3 is 5.97 Å². The first-order valence-electron chi connectivity index (χ1n) is 4.70. The highest BCUT2D eigenvalue weighted by molar-refractivity contribution is 5.78. The Morgan fingerprint density at radius 3 is 2.94 bits per heavy atom. The van der Waals surface area contributed by atoms with Crippen LogP contribution in [0.5, 0.6) is 17.2 Å². The number of aliphatic carboxylic acids is 1. The van der Waals surface area contributed by atoms with E-state index in [0.717, 1.165) is 0 Å². The first-order chi connectivity index (χ1) is 8.06. The second-order valence-electron chi connectivity index (χ2n) is 3.36. The van der Waals surface area contributed by atoms with Crippen molar-refractivity contribution < 1.29 is 28.5 Å². The molecule has 0 aromatic heterocycles. The van der Waals surface area contributed by atoms with E-state index in [0.29, 0.717) is 0 Å². The topological polar surface area (TPSA) is 91.0 Å². The molecular formula is C10H10FNO5. The molecule has 0 amide bonds. The number of benzene rings is 1. The smallest absolute Gasteiger partial charge is 0.325 e. The number of hydrogen-bond acceptors (Lipinski definition) is 5. The molecule has 3 N–H and O–H groups in total. The number of halogens is 1. The van der Waals surface area contributed by atoms with Crippen molar-refractivity contribution in [3.63, 3.8) is 0 Å². The van der Waals surface area contributed by atoms with Crippen molar-refractivity contribution in [3.8, 4) is 17.2 Å². The first kappa shape index (κ1) is 11.5. The molecular weight excluding hydrogens is 233 g/mol. The lowest BCUT2D eigenvalue weighted by molar-refractivity contribution is -0.138. The average molecular weight is 243 g/mol. The summed E-state index contributed by atoms with van der Waals surface area (Å²) >= 11 is 0. The van der Waals surface area contributed by atoms with Crippen LogP contribution < -0.4 is 19.9 Å². The van der Waals surface area contributed by atoms with Crippen molar-refractivity contribution in [1.29, 1.82) is 0 Å². The minimum atomic E-state index is -1.54. The van der Waals surface area contributed by atoms with Gasteiger partial charge in [-0.25, -0.2) is 4.39 Å². The predicted octanol–water partition coefficient (Wildman–Crippen LogP) is 0.647. The lowest BCUT2D eigenvalue weighted by Gasteiger charge is -2.13. The molecule has 0 bridgehead atoms. The zero-order chi connectivity index (χ0) is 12.6. The maximum atomic E-state index is 13.9. The normalized spacial score (nSPS) is 14.5. The molecule has 17 heavy (non-hydrogen) atoms. The third kappa shape index (κ3) is 1.74. The fourth-order valence-electron chi connectivity index (χ4n) is 1.57. The molecule has 0 saturated carbocycles. The molecule has 0 fully saturated rings. The van der Waals surface area contributed by atoms with Crippen LogP contribution in [-0.4, -0.2) is 25.0 Å². The Morgan fingerprint density at radius 1 is 1.65 bits per heavy atom. The lowest BCUT2D eigenvalue weighted by atomic mass is 10.0. The molecule has 1 aromatic carbocycles. The quantitative estimate of drug-likeness (QED) is 0.809. The van der Waals surface area contributed by atoms with Crippen molar-refractivity contribution in [2.24, 2.45) is 5.73 Å². The number of hydrogen-bond donors (Lipinski definition) is 2. The van der Waals surface area contributed by atoms with Gasteiger partial charge in [0.25, 0.3) is 0 Å². The number of rotatable bonds is 3. The minimum absolute atomic E-state index is 0.0122. The van der Waals surface area contributed by atoms with E-state index in [1.165, 1.54) is 13.2 Å². The number of ether oxygens (including phenoxy) is 3. The van der Waals surface area contributed by atoms with Gasteiger partial charge in [-0.1, -0.05) is 0 Å². The highest BCUT2D eigenvalue weighted by Crippen LogP contribution is 2.43. The molecule has 0 radical (unpaired) electrons. The third-order valence-electron chi connectivity index (χ3n) is 2.40. The number of methoxy groups -OCH3 is 1. The molecule has 0 aliphatic carbocycles. The Bertz CT molecular complexity index is 476. The molecule has 1 atom stereocenters. The van der Waals surface area contributed by atoms with Crippen LogP contribution >= 0.6 is 0 Å². The number of fused-ring (bicyclic) bond motifs is 1. The molecule has 2 rings (SSSR count). The second-order valence-corrected chi connectivity index (χ2v) is 3.36. The SMILES string of the molecule is COc1cc2c(c(C(N)C(=O)O)c1F)OCO2. The van der Waals surface area contributed by atoms with Crippen LogP contribution in [0.15, 0.2) is 6.07 Å². The van der Waals surface area contributed by atoms with Gasteiger partial charge in [-0.15, -0.1) is 0 Å². The maximum absolute atomic E-state index is 13.9. The van der Waals surface area contributed by atoms with Gasteiger partial charge in [-0.2, -0.15) is 0 Å². The van der Waals surface area contributed by atoms with E-state index in [9.17, 15) is 9.18 Å². The highest BCUT2D eigenvalue weighted by atomic mass is 19.1. The fraction of sp³-hybridized carbons (Fsp3) is 0.300. The zero-order valence-electron chi connectivity index (χ0n) is 8.90. The summed E-state index contributed by atoms with van der Waals surface area (Å²) in [6.45, 7) is -0.110. The van der Waals surface area contributed by atoms with Gasteiger partial charge in [0, 0.05) is 6.07 Å². The van der Waals surface area contributed by atoms with Crippen LogP contribution in [-0.2, 0) is 4.79 Å². The summed E-state index contributed by atoms with van der Waals surface area (Å²) < 4.78 is 28.8. The summed E-state index contributed by atoms with van der Waals surface area (Å²) in [5.74, 6) is -2.13. The van der Waals surface area contributed by atoms with E-state index >= 15 is 0 Å². The summed E-state index contributed by atoms with van der Waals surface area (Å²) in [5.41, 5.74) is 5.13. The standard InChI is InChI=1S/C10H10FNO5/c1-15-4-2-5-9(17-3-16-5)6(7(4)11)8(12)10(13)14/h2,8H,3,12H2,1H3,(H,13,14). The molecule has 6 nitrogen and oxygen atoms in total. The summed E-state index contributed by atoms with van der Waals surface area (Å²) in [6.07, 6.45) is 0. The maximum Gasteiger partial charge on any atom is 0.325 e. The van der Waals surface area contributed by atoms with Gasteiger partial charge in [0.1, 0.15) is 6.04 Å². The van der Waals surface area contributed by atoms with Crippen molar-refractivity contribution in [2.45, 2.75) is 6.04 Å². The van der Waals surface area contributed by atoms with Crippen molar-refractivity contribution >= 4 is 5.97 Å². The summed E-state index contributed by atoms with van der Waals surface area (Å²) in [6, 6.07) is -0.254. The molecule has 7 heteroatoms. The van der Waals surface area contributed by atoms with E-state index in [-0.39, 0.29) is 29.6 Å². The lowest BCUT2D eigenvalue weighted by Crippen LogP contribution is -2.22. The van der Waals surface area contributed by atoms with Gasteiger partial charge in [0.15, 0.2) is 23.1 Å². The number of nitrogens with two attached hydrogens (primary N) is 1. The number of carboxylic acid groups (broad SMARTS) is 1. The number of carbonyl (C=O) groups is 1. The zero-order valence-corrected chi connectivity index (χ0v) is 8.90. The summed E-state index contributed by atoms with van der Waals surface area (Å²) in [7, 11) is 1.26. The molecule has 1 aromatic rings. The molecule has 0 spiro atoms. The van der Waals surface area contributed by atoms with E-state index in [4.69, 9.17) is 25.1 Å². The Kier molecular flexibility index (Phi) is 2.76. The monoisotopic (exact) mass is 243 g/mol. The molecule has 1 aliphatic rings. The van der Waals surface area contributed by atoms with Crippen LogP contribution in [0.4, 0.5) is 4.39 Å². The Balaban J connectivity index is 2.63. The fourth-order valence-corrected chi connectivity index (χ4v) is 1.57. The van der Waals surface area contributed by atoms with E-state index in [2.05, 4.69) is 0 Å². The van der Waals surface area contributed by atoms with Crippen LogP contribution in [0.3, 0.4) is 0 Å². The largest absolute Gasteiger partial charge is 0.494 e. The van der Waals surface area contributed by atoms with Crippen LogP contribution in [0.25, 0.3) is 0 Å². The molecule has 1 heterocycles. The van der Waals surface area contributed by atoms with Crippen LogP contribution in [0, 0.1) is 5.82 Å². The van der Waals surface area contributed by atoms with E-state index < -0.39 is 17.8 Å². The van der Waals surface area contributed by atoms with Crippen LogP contribution in [0.1, 0.15) is 11.6 Å². The third-order valence-corrected chi connectivity index (χ3v) is 2.40.